The van der Waals surface area contributed by atoms with Crippen LogP contribution in [0.4, 0.5) is 15.3 Å². The standard InChI is InChI=1S/C20H23N5O4/c26-18-8-11-24(19(27)22-18)17-12-21-25(13-17)16-6-9-23(10-7-16)20(28)29-14-15-4-2-1-3-5-15/h1-5,12-13,16H,6-11,14H2,(H,22,26,27). The van der Waals surface area contributed by atoms with Crippen LogP contribution in [0.5, 0.6) is 0 Å². The first kappa shape index (κ1) is 19.0. The molecule has 2 saturated heterocycles. The Morgan fingerprint density at radius 2 is 1.90 bits per heavy atom. The maximum atomic E-state index is 12.3. The van der Waals surface area contributed by atoms with Crippen LogP contribution in [0, 0.1) is 0 Å². The van der Waals surface area contributed by atoms with Crippen molar-refractivity contribution < 1.29 is 19.1 Å². The topological polar surface area (TPSA) is 96.8 Å². The number of nitrogens with zero attached hydrogens (tertiary/aromatic N) is 4. The third-order valence-electron chi connectivity index (χ3n) is 5.26. The van der Waals surface area contributed by atoms with Crippen LogP contribution < -0.4 is 10.2 Å². The lowest BCUT2D eigenvalue weighted by Gasteiger charge is -2.31. The van der Waals surface area contributed by atoms with Crippen molar-refractivity contribution in [2.75, 3.05) is 24.5 Å². The molecule has 2 fully saturated rings. The van der Waals surface area contributed by atoms with Gasteiger partial charge < -0.3 is 9.64 Å². The van der Waals surface area contributed by atoms with E-state index in [9.17, 15) is 14.4 Å². The molecule has 152 valence electrons. The van der Waals surface area contributed by atoms with Gasteiger partial charge in [-0.1, -0.05) is 30.3 Å². The molecule has 1 aromatic carbocycles. The molecule has 0 atom stereocenters. The normalized spacial score (nSPS) is 17.9. The van der Waals surface area contributed by atoms with Gasteiger partial charge in [-0.3, -0.25) is 19.7 Å². The molecule has 4 amide bonds. The molecule has 2 aliphatic heterocycles. The Kier molecular flexibility index (Phi) is 5.46. The first-order valence-corrected chi connectivity index (χ1v) is 9.71. The Balaban J connectivity index is 1.28. The summed E-state index contributed by atoms with van der Waals surface area (Å²) in [6.07, 6.45) is 4.95. The zero-order chi connectivity index (χ0) is 20.2. The molecule has 0 spiro atoms. The average Bonchev–Trinajstić information content (AvgIpc) is 3.23. The first-order chi connectivity index (χ1) is 14.1. The monoisotopic (exact) mass is 397 g/mol. The summed E-state index contributed by atoms with van der Waals surface area (Å²) in [6.45, 7) is 1.79. The lowest BCUT2D eigenvalue weighted by molar-refractivity contribution is -0.120. The summed E-state index contributed by atoms with van der Waals surface area (Å²) in [6, 6.07) is 9.33. The van der Waals surface area contributed by atoms with E-state index in [0.29, 0.717) is 25.3 Å². The number of likely N-dealkylation sites (tertiary alicyclic amines) is 1. The average molecular weight is 397 g/mol. The van der Waals surface area contributed by atoms with Crippen LogP contribution in [-0.2, 0) is 16.1 Å². The van der Waals surface area contributed by atoms with Crippen molar-refractivity contribution in [3.8, 4) is 0 Å². The highest BCUT2D eigenvalue weighted by Gasteiger charge is 2.28. The minimum Gasteiger partial charge on any atom is -0.445 e. The van der Waals surface area contributed by atoms with Gasteiger partial charge in [-0.2, -0.15) is 5.10 Å². The number of hydrogen-bond acceptors (Lipinski definition) is 5. The third kappa shape index (κ3) is 4.39. The van der Waals surface area contributed by atoms with Gasteiger partial charge in [-0.05, 0) is 18.4 Å². The summed E-state index contributed by atoms with van der Waals surface area (Å²) in [5, 5.41) is 6.70. The van der Waals surface area contributed by atoms with E-state index >= 15 is 0 Å². The van der Waals surface area contributed by atoms with Crippen LogP contribution in [0.2, 0.25) is 0 Å². The van der Waals surface area contributed by atoms with Crippen molar-refractivity contribution in [3.05, 3.63) is 48.3 Å². The van der Waals surface area contributed by atoms with Crippen LogP contribution in [0.25, 0.3) is 0 Å². The molecule has 3 heterocycles. The van der Waals surface area contributed by atoms with Gasteiger partial charge in [0.2, 0.25) is 5.91 Å². The van der Waals surface area contributed by atoms with Crippen LogP contribution in [-0.4, -0.2) is 52.3 Å². The Hall–Kier alpha value is -3.36. The Bertz CT molecular complexity index is 889. The van der Waals surface area contributed by atoms with Crippen molar-refractivity contribution in [2.24, 2.45) is 0 Å². The van der Waals surface area contributed by atoms with E-state index in [0.717, 1.165) is 18.4 Å². The predicted molar refractivity (Wildman–Crippen MR) is 104 cm³/mol. The third-order valence-corrected chi connectivity index (χ3v) is 5.26. The van der Waals surface area contributed by atoms with E-state index in [2.05, 4.69) is 10.4 Å². The molecule has 9 nitrogen and oxygen atoms in total. The number of imide groups is 1. The lowest BCUT2D eigenvalue weighted by Crippen LogP contribution is -2.49. The second kappa shape index (κ2) is 8.34. The predicted octanol–water partition coefficient (Wildman–Crippen LogP) is 2.30. The van der Waals surface area contributed by atoms with Gasteiger partial charge in [0.05, 0.1) is 17.9 Å². The van der Waals surface area contributed by atoms with E-state index in [1.807, 2.05) is 41.2 Å². The Morgan fingerprint density at radius 1 is 1.14 bits per heavy atom. The number of urea groups is 1. The molecule has 1 N–H and O–H groups in total. The van der Waals surface area contributed by atoms with E-state index < -0.39 is 6.03 Å². The number of ether oxygens (including phenoxy) is 1. The van der Waals surface area contributed by atoms with Gasteiger partial charge in [0.1, 0.15) is 6.61 Å². The molecule has 1 aromatic heterocycles. The maximum Gasteiger partial charge on any atom is 0.410 e. The number of carbonyl (C=O) groups is 3. The van der Waals surface area contributed by atoms with Crippen LogP contribution >= 0.6 is 0 Å². The number of carbonyl (C=O) groups excluding carboxylic acids is 3. The quantitative estimate of drug-likeness (QED) is 0.854. The molecule has 2 aliphatic rings. The fourth-order valence-electron chi connectivity index (χ4n) is 3.60. The van der Waals surface area contributed by atoms with Gasteiger partial charge in [0.15, 0.2) is 0 Å². The molecule has 9 heteroatoms. The first-order valence-electron chi connectivity index (χ1n) is 9.71. The molecule has 29 heavy (non-hydrogen) atoms. The zero-order valence-corrected chi connectivity index (χ0v) is 16.0. The van der Waals surface area contributed by atoms with E-state index in [1.54, 1.807) is 11.1 Å². The fourth-order valence-corrected chi connectivity index (χ4v) is 3.60. The van der Waals surface area contributed by atoms with Crippen molar-refractivity contribution in [3.63, 3.8) is 0 Å². The summed E-state index contributed by atoms with van der Waals surface area (Å²) in [5.41, 5.74) is 1.63. The van der Waals surface area contributed by atoms with Gasteiger partial charge >= 0.3 is 12.1 Å². The SMILES string of the molecule is O=C1CCN(c2cnn(C3CCN(C(=O)OCc4ccccc4)CC3)c2)C(=O)N1. The van der Waals surface area contributed by atoms with Gasteiger partial charge in [0, 0.05) is 32.3 Å². The largest absolute Gasteiger partial charge is 0.445 e. The van der Waals surface area contributed by atoms with E-state index in [4.69, 9.17) is 4.74 Å². The summed E-state index contributed by atoms with van der Waals surface area (Å²) in [4.78, 5) is 38.8. The van der Waals surface area contributed by atoms with Crippen molar-refractivity contribution in [1.82, 2.24) is 20.0 Å². The Morgan fingerprint density at radius 3 is 2.62 bits per heavy atom. The van der Waals surface area contributed by atoms with Crippen molar-refractivity contribution in [2.45, 2.75) is 31.9 Å². The van der Waals surface area contributed by atoms with Gasteiger partial charge in [0.25, 0.3) is 0 Å². The van der Waals surface area contributed by atoms with E-state index in [-0.39, 0.29) is 31.1 Å². The minimum atomic E-state index is -0.420. The van der Waals surface area contributed by atoms with Crippen LogP contribution in [0.15, 0.2) is 42.7 Å². The number of rotatable bonds is 4. The summed E-state index contributed by atoms with van der Waals surface area (Å²) in [5.74, 6) is -0.259. The summed E-state index contributed by atoms with van der Waals surface area (Å²) < 4.78 is 7.24. The minimum absolute atomic E-state index is 0.149. The highest BCUT2D eigenvalue weighted by Crippen LogP contribution is 2.25. The number of amides is 4. The molecule has 0 saturated carbocycles. The molecule has 0 bridgehead atoms. The number of hydrogen-bond donors (Lipinski definition) is 1. The highest BCUT2D eigenvalue weighted by atomic mass is 16.6. The molecule has 0 radical (unpaired) electrons. The fraction of sp³-hybridized carbons (Fsp3) is 0.400. The Labute approximate surface area is 168 Å². The highest BCUT2D eigenvalue weighted by molar-refractivity contribution is 6.05. The molecule has 0 aliphatic carbocycles. The number of benzene rings is 1. The second-order valence-electron chi connectivity index (χ2n) is 7.19. The molecular formula is C20H23N5O4. The van der Waals surface area contributed by atoms with Gasteiger partial charge in [-0.25, -0.2) is 9.59 Å². The summed E-state index contributed by atoms with van der Waals surface area (Å²) >= 11 is 0. The molecule has 2 aromatic rings. The smallest absolute Gasteiger partial charge is 0.410 e. The van der Waals surface area contributed by atoms with Crippen molar-refractivity contribution in [1.29, 1.82) is 0 Å². The number of anilines is 1. The lowest BCUT2D eigenvalue weighted by atomic mass is 10.1. The number of nitrogens with one attached hydrogen (secondary N) is 1. The molecular weight excluding hydrogens is 374 g/mol. The summed E-state index contributed by atoms with van der Waals surface area (Å²) in [7, 11) is 0. The van der Waals surface area contributed by atoms with Crippen LogP contribution in [0.1, 0.15) is 30.9 Å². The number of aromatic nitrogens is 2. The molecule has 0 unspecified atom stereocenters. The van der Waals surface area contributed by atoms with Crippen LogP contribution in [0.3, 0.4) is 0 Å². The van der Waals surface area contributed by atoms with Gasteiger partial charge in [-0.15, -0.1) is 0 Å². The van der Waals surface area contributed by atoms with E-state index in [1.165, 1.54) is 4.90 Å². The van der Waals surface area contributed by atoms with Crippen molar-refractivity contribution >= 4 is 23.7 Å². The second-order valence-corrected chi connectivity index (χ2v) is 7.19. The zero-order valence-electron chi connectivity index (χ0n) is 16.0. The molecule has 4 rings (SSSR count). The maximum absolute atomic E-state index is 12.3. The number of piperidine rings is 1.